The largest absolute Gasteiger partial charge is 0.293 e. The van der Waals surface area contributed by atoms with Gasteiger partial charge in [0.2, 0.25) is 0 Å². The van der Waals surface area contributed by atoms with E-state index in [1.54, 1.807) is 0 Å². The summed E-state index contributed by atoms with van der Waals surface area (Å²) in [6, 6.07) is 26.8. The number of benzene rings is 3. The van der Waals surface area contributed by atoms with Gasteiger partial charge in [-0.15, -0.1) is 0 Å². The predicted octanol–water partition coefficient (Wildman–Crippen LogP) is 5.11. The van der Waals surface area contributed by atoms with Crippen LogP contribution in [0.1, 0.15) is 44.4 Å². The van der Waals surface area contributed by atoms with Gasteiger partial charge >= 0.3 is 0 Å². The van der Waals surface area contributed by atoms with Crippen LogP contribution in [0.5, 0.6) is 0 Å². The smallest absolute Gasteiger partial charge is 0.171 e. The Labute approximate surface area is 136 Å². The molecular formula is C22H18O. The molecule has 112 valence electrons. The first kappa shape index (κ1) is 14.0. The molecule has 0 amide bonds. The van der Waals surface area contributed by atoms with Crippen molar-refractivity contribution in [2.24, 2.45) is 0 Å². The monoisotopic (exact) mass is 298 g/mol. The summed E-state index contributed by atoms with van der Waals surface area (Å²) in [5, 5.41) is 0. The van der Waals surface area contributed by atoms with Crippen molar-refractivity contribution in [3.63, 3.8) is 0 Å². The van der Waals surface area contributed by atoms with Crippen molar-refractivity contribution in [3.05, 3.63) is 107 Å². The number of hydrogen-bond acceptors (Lipinski definition) is 1. The van der Waals surface area contributed by atoms with Crippen molar-refractivity contribution in [1.29, 1.82) is 0 Å². The number of carbonyl (C=O) groups excluding carboxylic acids is 1. The highest BCUT2D eigenvalue weighted by atomic mass is 16.1. The average molecular weight is 298 g/mol. The molecule has 0 saturated heterocycles. The Balaban J connectivity index is 1.90. The van der Waals surface area contributed by atoms with E-state index in [2.05, 4.69) is 49.4 Å². The molecule has 1 aliphatic carbocycles. The highest BCUT2D eigenvalue weighted by Gasteiger charge is 2.40. The molecule has 3 aromatic carbocycles. The number of ketones is 1. The van der Waals surface area contributed by atoms with Crippen LogP contribution in [0, 0.1) is 6.92 Å². The molecule has 0 heterocycles. The molecule has 2 atom stereocenters. The van der Waals surface area contributed by atoms with Crippen molar-refractivity contribution in [2.45, 2.75) is 18.8 Å². The highest BCUT2D eigenvalue weighted by Crippen LogP contribution is 2.47. The van der Waals surface area contributed by atoms with E-state index in [9.17, 15) is 4.79 Å². The van der Waals surface area contributed by atoms with Crippen molar-refractivity contribution in [2.75, 3.05) is 0 Å². The fourth-order valence-corrected chi connectivity index (χ4v) is 3.64. The Morgan fingerprint density at radius 3 is 2.00 bits per heavy atom. The van der Waals surface area contributed by atoms with Gasteiger partial charge in [-0.3, -0.25) is 4.79 Å². The van der Waals surface area contributed by atoms with Crippen LogP contribution < -0.4 is 0 Å². The summed E-state index contributed by atoms with van der Waals surface area (Å²) in [5.74, 6) is 0.205. The second kappa shape index (κ2) is 5.51. The topological polar surface area (TPSA) is 17.1 Å². The van der Waals surface area contributed by atoms with Crippen molar-refractivity contribution < 1.29 is 4.79 Å². The first-order valence-corrected chi connectivity index (χ1v) is 8.00. The molecule has 4 rings (SSSR count). The van der Waals surface area contributed by atoms with E-state index >= 15 is 0 Å². The molecule has 0 N–H and O–H groups in total. The summed E-state index contributed by atoms with van der Waals surface area (Å²) in [5.41, 5.74) is 5.54. The number of fused-ring (bicyclic) bond motifs is 1. The lowest BCUT2D eigenvalue weighted by molar-refractivity contribution is 0.0968. The van der Waals surface area contributed by atoms with Crippen molar-refractivity contribution in [1.82, 2.24) is 0 Å². The number of aryl methyl sites for hydroxylation is 1. The molecule has 1 heteroatoms. The van der Waals surface area contributed by atoms with Gasteiger partial charge < -0.3 is 0 Å². The Morgan fingerprint density at radius 1 is 0.652 bits per heavy atom. The van der Waals surface area contributed by atoms with E-state index in [1.165, 1.54) is 11.1 Å². The van der Waals surface area contributed by atoms with Crippen molar-refractivity contribution >= 4 is 5.78 Å². The van der Waals surface area contributed by atoms with Gasteiger partial charge in [0.15, 0.2) is 5.78 Å². The van der Waals surface area contributed by atoms with Crippen LogP contribution >= 0.6 is 0 Å². The van der Waals surface area contributed by atoms with Crippen LogP contribution in [-0.2, 0) is 0 Å². The van der Waals surface area contributed by atoms with Gasteiger partial charge in [-0.2, -0.15) is 0 Å². The summed E-state index contributed by atoms with van der Waals surface area (Å²) in [4.78, 5) is 13.1. The Morgan fingerprint density at radius 2 is 1.26 bits per heavy atom. The summed E-state index contributed by atoms with van der Waals surface area (Å²) in [6.07, 6.45) is 0. The minimum atomic E-state index is -0.129. The van der Waals surface area contributed by atoms with Gasteiger partial charge in [-0.1, -0.05) is 84.4 Å². The maximum atomic E-state index is 13.1. The Bertz CT molecular complexity index is 847. The maximum absolute atomic E-state index is 13.1. The minimum absolute atomic E-state index is 0.0996. The van der Waals surface area contributed by atoms with E-state index in [0.717, 1.165) is 16.7 Å². The molecule has 0 fully saturated rings. The number of hydrogen-bond donors (Lipinski definition) is 0. The summed E-state index contributed by atoms with van der Waals surface area (Å²) >= 11 is 0. The first-order chi connectivity index (χ1) is 11.3. The van der Waals surface area contributed by atoms with Crippen LogP contribution in [0.25, 0.3) is 0 Å². The third-order valence-corrected chi connectivity index (χ3v) is 4.77. The zero-order chi connectivity index (χ0) is 15.8. The van der Waals surface area contributed by atoms with Crippen LogP contribution in [-0.4, -0.2) is 5.78 Å². The van der Waals surface area contributed by atoms with E-state index < -0.39 is 0 Å². The third-order valence-electron chi connectivity index (χ3n) is 4.77. The van der Waals surface area contributed by atoms with Crippen LogP contribution in [0.2, 0.25) is 0 Å². The summed E-state index contributed by atoms with van der Waals surface area (Å²) < 4.78 is 0. The first-order valence-electron chi connectivity index (χ1n) is 8.00. The van der Waals surface area contributed by atoms with E-state index in [4.69, 9.17) is 0 Å². The zero-order valence-corrected chi connectivity index (χ0v) is 13.1. The fourth-order valence-electron chi connectivity index (χ4n) is 3.64. The van der Waals surface area contributed by atoms with Gasteiger partial charge in [0.1, 0.15) is 0 Å². The number of Topliss-reactive ketones (excluding diaryl/α,β-unsaturated/α-hetero) is 1. The minimum Gasteiger partial charge on any atom is -0.293 e. The molecule has 1 nitrogen and oxygen atoms in total. The van der Waals surface area contributed by atoms with Gasteiger partial charge in [0, 0.05) is 11.5 Å². The summed E-state index contributed by atoms with van der Waals surface area (Å²) in [6.45, 7) is 2.07. The number of rotatable bonds is 2. The molecule has 0 aliphatic heterocycles. The Hall–Kier alpha value is -2.67. The molecule has 1 aliphatic rings. The second-order valence-corrected chi connectivity index (χ2v) is 6.23. The lowest BCUT2D eigenvalue weighted by Crippen LogP contribution is -2.13. The van der Waals surface area contributed by atoms with Gasteiger partial charge in [0.25, 0.3) is 0 Å². The molecule has 0 bridgehead atoms. The van der Waals surface area contributed by atoms with Gasteiger partial charge in [-0.05, 0) is 23.6 Å². The van der Waals surface area contributed by atoms with Gasteiger partial charge in [-0.25, -0.2) is 0 Å². The second-order valence-electron chi connectivity index (χ2n) is 6.23. The molecule has 0 radical (unpaired) electrons. The molecular weight excluding hydrogens is 280 g/mol. The SMILES string of the molecule is Cc1ccc([C@H]2C(=O)c3ccccc3[C@@H]2c2ccccc2)cc1. The zero-order valence-electron chi connectivity index (χ0n) is 13.1. The molecule has 0 saturated carbocycles. The molecule has 23 heavy (non-hydrogen) atoms. The van der Waals surface area contributed by atoms with Crippen LogP contribution in [0.3, 0.4) is 0 Å². The van der Waals surface area contributed by atoms with Crippen LogP contribution in [0.4, 0.5) is 0 Å². The predicted molar refractivity (Wildman–Crippen MR) is 93.0 cm³/mol. The third kappa shape index (κ3) is 2.29. The molecule has 0 spiro atoms. The van der Waals surface area contributed by atoms with E-state index in [0.29, 0.717) is 0 Å². The lowest BCUT2D eigenvalue weighted by Gasteiger charge is -2.20. The normalized spacial score (nSPS) is 19.6. The summed E-state index contributed by atoms with van der Waals surface area (Å²) in [7, 11) is 0. The highest BCUT2D eigenvalue weighted by molar-refractivity contribution is 6.07. The van der Waals surface area contributed by atoms with E-state index in [-0.39, 0.29) is 17.6 Å². The molecule has 3 aromatic rings. The van der Waals surface area contributed by atoms with E-state index in [1.807, 2.05) is 36.4 Å². The molecule has 0 unspecified atom stereocenters. The fraction of sp³-hybridized carbons (Fsp3) is 0.136. The van der Waals surface area contributed by atoms with Gasteiger partial charge in [0.05, 0.1) is 5.92 Å². The lowest BCUT2D eigenvalue weighted by atomic mass is 9.81. The standard InChI is InChI=1S/C22H18O/c1-15-11-13-17(14-12-15)21-20(16-7-3-2-4-8-16)18-9-5-6-10-19(18)22(21)23/h2-14,20-21H,1H3/t20-,21+/m0/s1. The average Bonchev–Trinajstić information content (AvgIpc) is 2.90. The Kier molecular flexibility index (Phi) is 3.34. The van der Waals surface area contributed by atoms with Crippen molar-refractivity contribution in [3.8, 4) is 0 Å². The number of carbonyl (C=O) groups is 1. The quantitative estimate of drug-likeness (QED) is 0.642. The van der Waals surface area contributed by atoms with Crippen LogP contribution in [0.15, 0.2) is 78.9 Å². The molecule has 0 aromatic heterocycles. The maximum Gasteiger partial charge on any atom is 0.171 e.